The van der Waals surface area contributed by atoms with Crippen molar-refractivity contribution in [2.75, 3.05) is 9.80 Å². The van der Waals surface area contributed by atoms with Crippen molar-refractivity contribution in [3.8, 4) is 33.4 Å². The molecule has 10 aromatic carbocycles. The van der Waals surface area contributed by atoms with Crippen molar-refractivity contribution in [3.05, 3.63) is 265 Å². The zero-order valence-corrected chi connectivity index (χ0v) is 34.9. The van der Waals surface area contributed by atoms with Crippen LogP contribution in [0.15, 0.2) is 247 Å². The second kappa shape index (κ2) is 14.3. The van der Waals surface area contributed by atoms with Gasteiger partial charge in [0.25, 0.3) is 0 Å². The van der Waals surface area contributed by atoms with Crippen LogP contribution in [0.3, 0.4) is 0 Å². The van der Waals surface area contributed by atoms with E-state index in [2.05, 4.69) is 246 Å². The van der Waals surface area contributed by atoms with Crippen molar-refractivity contribution in [1.82, 2.24) is 0 Å². The quantitative estimate of drug-likeness (QED) is 0.160. The highest BCUT2D eigenvalue weighted by Gasteiger charge is 2.52. The van der Waals surface area contributed by atoms with E-state index < -0.39 is 5.41 Å². The van der Waals surface area contributed by atoms with E-state index >= 15 is 0 Å². The molecular formula is C61H40N2O. The summed E-state index contributed by atoms with van der Waals surface area (Å²) >= 11 is 0. The first-order valence-corrected chi connectivity index (χ1v) is 22.0. The highest BCUT2D eigenvalue weighted by molar-refractivity contribution is 6.11. The van der Waals surface area contributed by atoms with Gasteiger partial charge in [0.1, 0.15) is 5.58 Å². The van der Waals surface area contributed by atoms with Gasteiger partial charge in [0.15, 0.2) is 5.58 Å². The van der Waals surface area contributed by atoms with Crippen LogP contribution in [-0.2, 0) is 5.41 Å². The Morgan fingerprint density at radius 3 is 1.59 bits per heavy atom. The van der Waals surface area contributed by atoms with Gasteiger partial charge in [-0.3, -0.25) is 0 Å². The van der Waals surface area contributed by atoms with Gasteiger partial charge < -0.3 is 14.2 Å². The lowest BCUT2D eigenvalue weighted by molar-refractivity contribution is 0.669. The molecule has 0 amide bonds. The van der Waals surface area contributed by atoms with Gasteiger partial charge in [-0.15, -0.1) is 0 Å². The van der Waals surface area contributed by atoms with E-state index in [0.29, 0.717) is 0 Å². The lowest BCUT2D eigenvalue weighted by Crippen LogP contribution is -2.26. The van der Waals surface area contributed by atoms with Crippen molar-refractivity contribution in [1.29, 1.82) is 0 Å². The first-order valence-electron chi connectivity index (χ1n) is 22.0. The van der Waals surface area contributed by atoms with E-state index in [1.807, 2.05) is 6.07 Å². The fraction of sp³-hybridized carbons (Fsp3) is 0.0164. The lowest BCUT2D eigenvalue weighted by Gasteiger charge is -2.33. The van der Waals surface area contributed by atoms with Gasteiger partial charge in [0.2, 0.25) is 0 Å². The smallest absolute Gasteiger partial charge is 0.159 e. The minimum absolute atomic E-state index is 0.586. The Kier molecular flexibility index (Phi) is 8.13. The summed E-state index contributed by atoms with van der Waals surface area (Å²) in [6, 6.07) is 88.1. The van der Waals surface area contributed by atoms with E-state index in [1.165, 1.54) is 55.6 Å². The van der Waals surface area contributed by atoms with Crippen LogP contribution < -0.4 is 9.80 Å². The van der Waals surface area contributed by atoms with E-state index in [1.54, 1.807) is 0 Å². The van der Waals surface area contributed by atoms with Crippen molar-refractivity contribution >= 4 is 56.1 Å². The van der Waals surface area contributed by atoms with Gasteiger partial charge >= 0.3 is 0 Å². The normalized spacial score (nSPS) is 14.3. The highest BCUT2D eigenvalue weighted by Crippen LogP contribution is 2.65. The topological polar surface area (TPSA) is 19.6 Å². The number of hydrogen-bond donors (Lipinski definition) is 0. The molecule has 1 atom stereocenters. The summed E-state index contributed by atoms with van der Waals surface area (Å²) < 4.78 is 6.77. The molecule has 300 valence electrons. The Morgan fingerprint density at radius 1 is 0.312 bits per heavy atom. The average Bonchev–Trinajstić information content (AvgIpc) is 4.00. The molecule has 2 aliphatic carbocycles. The summed E-state index contributed by atoms with van der Waals surface area (Å²) in [6.45, 7) is 0. The van der Waals surface area contributed by atoms with Crippen LogP contribution in [0.2, 0.25) is 0 Å². The van der Waals surface area contributed by atoms with Gasteiger partial charge in [-0.1, -0.05) is 176 Å². The molecule has 2 aliphatic rings. The third kappa shape index (κ3) is 5.28. The van der Waals surface area contributed by atoms with Crippen molar-refractivity contribution in [2.24, 2.45) is 0 Å². The molecule has 13 rings (SSSR count). The van der Waals surface area contributed by atoms with Crippen LogP contribution in [0.25, 0.3) is 55.3 Å². The van der Waals surface area contributed by atoms with E-state index in [4.69, 9.17) is 4.42 Å². The molecular weight excluding hydrogens is 777 g/mol. The molecule has 1 heterocycles. The van der Waals surface area contributed by atoms with Crippen molar-refractivity contribution in [2.45, 2.75) is 5.41 Å². The van der Waals surface area contributed by atoms with Crippen LogP contribution in [0.1, 0.15) is 22.3 Å². The molecule has 0 saturated carbocycles. The molecule has 0 saturated heterocycles. The lowest BCUT2D eigenvalue weighted by atomic mass is 9.70. The summed E-state index contributed by atoms with van der Waals surface area (Å²) in [5.41, 5.74) is 20.1. The standard InChI is InChI=1S/C61H40N2O/c1-4-18-41(19-5-1)42-34-36-45(37-35-42)62(43-20-6-2-7-21-43)46-38-39-48-47-24-10-13-28-52(47)61(55(48)40-46)53-29-14-11-26-51(53)59-54(61)30-17-31-56(59)63(44-22-8-3-9-23-44)57-32-16-27-50-49-25-12-15-33-58(49)64-60(50)57/h1-40H. The molecule has 0 N–H and O–H groups in total. The maximum atomic E-state index is 6.77. The molecule has 11 aromatic rings. The second-order valence-corrected chi connectivity index (χ2v) is 16.8. The Hall–Kier alpha value is -8.40. The number of para-hydroxylation sites is 4. The molecule has 0 aliphatic heterocycles. The SMILES string of the molecule is c1ccc(-c2ccc(N(c3ccccc3)c3ccc4c(c3)C3(c5ccccc5-4)c4ccccc4-c4c(N(c5ccccc5)c5cccc6c5oc5ccccc56)cccc43)cc2)cc1. The summed E-state index contributed by atoms with van der Waals surface area (Å²) in [5.74, 6) is 0. The fourth-order valence-electron chi connectivity index (χ4n) is 10.8. The van der Waals surface area contributed by atoms with Gasteiger partial charge in [-0.2, -0.15) is 0 Å². The van der Waals surface area contributed by atoms with Crippen molar-refractivity contribution < 1.29 is 4.42 Å². The van der Waals surface area contributed by atoms with Crippen LogP contribution in [0, 0.1) is 0 Å². The molecule has 3 nitrogen and oxygen atoms in total. The summed E-state index contributed by atoms with van der Waals surface area (Å²) in [7, 11) is 0. The molecule has 0 fully saturated rings. The Labute approximate surface area is 372 Å². The number of anilines is 6. The Morgan fingerprint density at radius 2 is 0.828 bits per heavy atom. The largest absolute Gasteiger partial charge is 0.454 e. The molecule has 1 unspecified atom stereocenters. The number of benzene rings is 10. The maximum absolute atomic E-state index is 6.77. The van der Waals surface area contributed by atoms with E-state index in [0.717, 1.165) is 56.1 Å². The molecule has 3 heteroatoms. The van der Waals surface area contributed by atoms with Crippen LogP contribution in [0.5, 0.6) is 0 Å². The number of nitrogens with zero attached hydrogens (tertiary/aromatic N) is 2. The molecule has 0 bridgehead atoms. The van der Waals surface area contributed by atoms with Gasteiger partial charge in [0, 0.05) is 39.1 Å². The Bertz CT molecular complexity index is 3560. The van der Waals surface area contributed by atoms with Crippen LogP contribution >= 0.6 is 0 Å². The zero-order chi connectivity index (χ0) is 42.2. The predicted molar refractivity (Wildman–Crippen MR) is 265 cm³/mol. The number of furan rings is 1. The summed E-state index contributed by atoms with van der Waals surface area (Å²) in [6.07, 6.45) is 0. The minimum Gasteiger partial charge on any atom is -0.454 e. The first kappa shape index (κ1) is 36.3. The third-order valence-electron chi connectivity index (χ3n) is 13.5. The van der Waals surface area contributed by atoms with E-state index in [9.17, 15) is 0 Å². The van der Waals surface area contributed by atoms with Crippen LogP contribution in [-0.4, -0.2) is 0 Å². The average molecular weight is 817 g/mol. The monoisotopic (exact) mass is 816 g/mol. The maximum Gasteiger partial charge on any atom is 0.159 e. The number of hydrogen-bond acceptors (Lipinski definition) is 3. The van der Waals surface area contributed by atoms with Gasteiger partial charge in [0.05, 0.1) is 16.8 Å². The molecule has 64 heavy (non-hydrogen) atoms. The number of rotatable bonds is 7. The van der Waals surface area contributed by atoms with E-state index in [-0.39, 0.29) is 0 Å². The minimum atomic E-state index is -0.586. The molecule has 1 aromatic heterocycles. The Balaban J connectivity index is 1.06. The van der Waals surface area contributed by atoms with Gasteiger partial charge in [-0.05, 0) is 117 Å². The zero-order valence-electron chi connectivity index (χ0n) is 34.9. The van der Waals surface area contributed by atoms with Crippen LogP contribution in [0.4, 0.5) is 34.1 Å². The molecule has 0 radical (unpaired) electrons. The second-order valence-electron chi connectivity index (χ2n) is 16.8. The fourth-order valence-corrected chi connectivity index (χ4v) is 10.8. The predicted octanol–water partition coefficient (Wildman–Crippen LogP) is 16.5. The highest BCUT2D eigenvalue weighted by atomic mass is 16.3. The van der Waals surface area contributed by atoms with Crippen molar-refractivity contribution in [3.63, 3.8) is 0 Å². The van der Waals surface area contributed by atoms with Gasteiger partial charge in [-0.25, -0.2) is 0 Å². The summed E-state index contributed by atoms with van der Waals surface area (Å²) in [5, 5.41) is 2.21. The summed E-state index contributed by atoms with van der Waals surface area (Å²) in [4.78, 5) is 4.81. The third-order valence-corrected chi connectivity index (χ3v) is 13.5. The first-order chi connectivity index (χ1) is 31.8. The number of fused-ring (bicyclic) bond motifs is 13. The molecule has 1 spiro atoms.